The number of rotatable bonds is 4. The van der Waals surface area contributed by atoms with Gasteiger partial charge in [0, 0.05) is 7.11 Å². The van der Waals surface area contributed by atoms with E-state index in [1.165, 1.54) is 0 Å². The largest absolute Gasteiger partial charge is 0.384 e. The zero-order valence-corrected chi connectivity index (χ0v) is 6.76. The molecule has 60 valence electrons. The summed E-state index contributed by atoms with van der Waals surface area (Å²) in [4.78, 5) is 10.7. The SMILES string of the molecule is COCC(C(N)=O)C(C)C. The van der Waals surface area contributed by atoms with E-state index < -0.39 is 0 Å². The number of hydrogen-bond acceptors (Lipinski definition) is 2. The number of nitrogens with two attached hydrogens (primary N) is 1. The first-order chi connectivity index (χ1) is 4.59. The standard InChI is InChI=1S/C7H15NO2/c1-5(2)6(4-10-3)7(8)9/h5-6H,4H2,1-3H3,(H2,8,9). The molecule has 0 rings (SSSR count). The number of primary amides is 1. The van der Waals surface area contributed by atoms with Gasteiger partial charge in [0.05, 0.1) is 12.5 Å². The second-order valence-electron chi connectivity index (χ2n) is 2.71. The van der Waals surface area contributed by atoms with E-state index in [1.54, 1.807) is 7.11 Å². The second kappa shape index (κ2) is 4.28. The minimum Gasteiger partial charge on any atom is -0.384 e. The summed E-state index contributed by atoms with van der Waals surface area (Å²) in [6.45, 7) is 4.33. The van der Waals surface area contributed by atoms with Gasteiger partial charge < -0.3 is 10.5 Å². The Hall–Kier alpha value is -0.570. The van der Waals surface area contributed by atoms with Crippen molar-refractivity contribution in [3.05, 3.63) is 0 Å². The lowest BCUT2D eigenvalue weighted by Crippen LogP contribution is -2.30. The van der Waals surface area contributed by atoms with Gasteiger partial charge in [-0.25, -0.2) is 0 Å². The van der Waals surface area contributed by atoms with Crippen LogP contribution in [0, 0.1) is 11.8 Å². The average Bonchev–Trinajstić information content (AvgIpc) is 1.81. The molecule has 1 amide bonds. The van der Waals surface area contributed by atoms with Crippen LogP contribution in [0.15, 0.2) is 0 Å². The zero-order valence-electron chi connectivity index (χ0n) is 6.76. The van der Waals surface area contributed by atoms with Crippen molar-refractivity contribution in [1.29, 1.82) is 0 Å². The molecule has 0 aliphatic heterocycles. The molecular formula is C7H15NO2. The van der Waals surface area contributed by atoms with Gasteiger partial charge in [-0.05, 0) is 5.92 Å². The zero-order chi connectivity index (χ0) is 8.15. The minimum absolute atomic E-state index is 0.148. The first-order valence-electron chi connectivity index (χ1n) is 3.37. The van der Waals surface area contributed by atoms with Gasteiger partial charge in [0.2, 0.25) is 5.91 Å². The van der Waals surface area contributed by atoms with Crippen molar-refractivity contribution in [1.82, 2.24) is 0 Å². The fraction of sp³-hybridized carbons (Fsp3) is 0.857. The quantitative estimate of drug-likeness (QED) is 0.622. The Morgan fingerprint density at radius 2 is 2.10 bits per heavy atom. The number of carbonyl (C=O) groups excluding carboxylic acids is 1. The van der Waals surface area contributed by atoms with Crippen LogP contribution in [0.4, 0.5) is 0 Å². The molecule has 0 heterocycles. The third-order valence-corrected chi connectivity index (χ3v) is 1.52. The average molecular weight is 145 g/mol. The third-order valence-electron chi connectivity index (χ3n) is 1.52. The molecule has 0 saturated carbocycles. The Bertz CT molecular complexity index is 112. The van der Waals surface area contributed by atoms with E-state index in [1.807, 2.05) is 13.8 Å². The molecule has 0 aliphatic rings. The highest BCUT2D eigenvalue weighted by atomic mass is 16.5. The fourth-order valence-corrected chi connectivity index (χ4v) is 0.783. The molecule has 1 atom stereocenters. The Morgan fingerprint density at radius 3 is 2.20 bits per heavy atom. The van der Waals surface area contributed by atoms with Gasteiger partial charge in [-0.3, -0.25) is 4.79 Å². The van der Waals surface area contributed by atoms with Gasteiger partial charge in [-0.15, -0.1) is 0 Å². The molecule has 0 spiro atoms. The topological polar surface area (TPSA) is 52.3 Å². The predicted molar refractivity (Wildman–Crippen MR) is 39.4 cm³/mol. The van der Waals surface area contributed by atoms with E-state index in [9.17, 15) is 4.79 Å². The molecule has 2 N–H and O–H groups in total. The molecule has 3 heteroatoms. The molecule has 0 aliphatic carbocycles. The molecule has 0 fully saturated rings. The fourth-order valence-electron chi connectivity index (χ4n) is 0.783. The minimum atomic E-state index is -0.281. The monoisotopic (exact) mass is 145 g/mol. The number of carbonyl (C=O) groups is 1. The molecule has 1 unspecified atom stereocenters. The predicted octanol–water partition coefficient (Wildman–Crippen LogP) is 0.390. The maximum atomic E-state index is 10.7. The highest BCUT2D eigenvalue weighted by Crippen LogP contribution is 2.09. The maximum absolute atomic E-state index is 10.7. The van der Waals surface area contributed by atoms with E-state index in [4.69, 9.17) is 10.5 Å². The number of ether oxygens (including phenoxy) is 1. The summed E-state index contributed by atoms with van der Waals surface area (Å²) in [5.41, 5.74) is 5.10. The molecule has 0 radical (unpaired) electrons. The van der Waals surface area contributed by atoms with Gasteiger partial charge in [-0.2, -0.15) is 0 Å². The van der Waals surface area contributed by atoms with E-state index in [2.05, 4.69) is 0 Å². The highest BCUT2D eigenvalue weighted by Gasteiger charge is 2.18. The van der Waals surface area contributed by atoms with Gasteiger partial charge in [0.1, 0.15) is 0 Å². The first kappa shape index (κ1) is 9.43. The molecule has 0 aromatic carbocycles. The first-order valence-corrected chi connectivity index (χ1v) is 3.37. The van der Waals surface area contributed by atoms with Gasteiger partial charge in [0.15, 0.2) is 0 Å². The Balaban J connectivity index is 3.85. The van der Waals surface area contributed by atoms with Crippen LogP contribution < -0.4 is 5.73 Å². The summed E-state index contributed by atoms with van der Waals surface area (Å²) in [7, 11) is 1.57. The van der Waals surface area contributed by atoms with Crippen molar-refractivity contribution in [2.45, 2.75) is 13.8 Å². The van der Waals surface area contributed by atoms with E-state index in [0.29, 0.717) is 6.61 Å². The highest BCUT2D eigenvalue weighted by molar-refractivity contribution is 5.76. The van der Waals surface area contributed by atoms with Gasteiger partial charge in [-0.1, -0.05) is 13.8 Å². The van der Waals surface area contributed by atoms with Crippen molar-refractivity contribution in [3.8, 4) is 0 Å². The van der Waals surface area contributed by atoms with Crippen LogP contribution in [0.2, 0.25) is 0 Å². The third kappa shape index (κ3) is 2.82. The Kier molecular flexibility index (Phi) is 4.03. The molecule has 0 aromatic rings. The van der Waals surface area contributed by atoms with Crippen molar-refractivity contribution in [3.63, 3.8) is 0 Å². The van der Waals surface area contributed by atoms with Crippen molar-refractivity contribution in [2.24, 2.45) is 17.6 Å². The smallest absolute Gasteiger partial charge is 0.223 e. The maximum Gasteiger partial charge on any atom is 0.223 e. The summed E-state index contributed by atoms with van der Waals surface area (Å²) >= 11 is 0. The number of methoxy groups -OCH3 is 1. The van der Waals surface area contributed by atoms with Crippen LogP contribution in [0.25, 0.3) is 0 Å². The van der Waals surface area contributed by atoms with Crippen LogP contribution in [0.3, 0.4) is 0 Å². The lowest BCUT2D eigenvalue weighted by molar-refractivity contribution is -0.124. The molecule has 3 nitrogen and oxygen atoms in total. The van der Waals surface area contributed by atoms with Crippen LogP contribution >= 0.6 is 0 Å². The van der Waals surface area contributed by atoms with Crippen molar-refractivity contribution in [2.75, 3.05) is 13.7 Å². The molecule has 0 aromatic heterocycles. The van der Waals surface area contributed by atoms with Crippen LogP contribution in [-0.4, -0.2) is 19.6 Å². The summed E-state index contributed by atoms with van der Waals surface area (Å²) in [5, 5.41) is 0. The van der Waals surface area contributed by atoms with Crippen LogP contribution in [-0.2, 0) is 9.53 Å². The van der Waals surface area contributed by atoms with Crippen LogP contribution in [0.5, 0.6) is 0 Å². The molecule has 10 heavy (non-hydrogen) atoms. The summed E-state index contributed by atoms with van der Waals surface area (Å²) < 4.78 is 4.83. The second-order valence-corrected chi connectivity index (χ2v) is 2.71. The normalized spacial score (nSPS) is 13.6. The summed E-state index contributed by atoms with van der Waals surface area (Å²) in [5.74, 6) is -0.167. The molecular weight excluding hydrogens is 130 g/mol. The lowest BCUT2D eigenvalue weighted by Gasteiger charge is -2.15. The molecule has 0 saturated heterocycles. The van der Waals surface area contributed by atoms with Gasteiger partial charge >= 0.3 is 0 Å². The van der Waals surface area contributed by atoms with Crippen molar-refractivity contribution < 1.29 is 9.53 Å². The van der Waals surface area contributed by atoms with Crippen LogP contribution in [0.1, 0.15) is 13.8 Å². The molecule has 0 bridgehead atoms. The van der Waals surface area contributed by atoms with Crippen molar-refractivity contribution >= 4 is 5.91 Å². The number of amides is 1. The van der Waals surface area contributed by atoms with Gasteiger partial charge in [0.25, 0.3) is 0 Å². The van der Waals surface area contributed by atoms with E-state index in [0.717, 1.165) is 0 Å². The number of hydrogen-bond donors (Lipinski definition) is 1. The van der Waals surface area contributed by atoms with E-state index >= 15 is 0 Å². The Labute approximate surface area is 61.5 Å². The van der Waals surface area contributed by atoms with E-state index in [-0.39, 0.29) is 17.7 Å². The lowest BCUT2D eigenvalue weighted by atomic mass is 9.96. The summed E-state index contributed by atoms with van der Waals surface area (Å²) in [6, 6.07) is 0. The Morgan fingerprint density at radius 1 is 1.60 bits per heavy atom. The summed E-state index contributed by atoms with van der Waals surface area (Å²) in [6.07, 6.45) is 0.